The van der Waals surface area contributed by atoms with Gasteiger partial charge < -0.3 is 20.8 Å². The third kappa shape index (κ3) is 7.56. The second-order valence-electron chi connectivity index (χ2n) is 9.25. The molecule has 2 amide bonds. The van der Waals surface area contributed by atoms with Gasteiger partial charge in [-0.2, -0.15) is 0 Å². The van der Waals surface area contributed by atoms with E-state index in [9.17, 15) is 24.2 Å². The van der Waals surface area contributed by atoms with Crippen molar-refractivity contribution >= 4 is 11.8 Å². The Kier molecular flexibility index (Phi) is 9.14. The van der Waals surface area contributed by atoms with Crippen LogP contribution in [0.25, 0.3) is 0 Å². The number of aliphatic hydroxyl groups excluding tert-OH is 2. The van der Waals surface area contributed by atoms with E-state index >= 15 is 0 Å². The lowest BCUT2D eigenvalue weighted by atomic mass is 10.00. The van der Waals surface area contributed by atoms with E-state index in [2.05, 4.69) is 20.9 Å². The molecule has 0 aliphatic carbocycles. The summed E-state index contributed by atoms with van der Waals surface area (Å²) in [6.07, 6.45) is 0.857. The summed E-state index contributed by atoms with van der Waals surface area (Å²) in [6, 6.07) is 20.5. The van der Waals surface area contributed by atoms with Crippen LogP contribution < -0.4 is 10.6 Å². The summed E-state index contributed by atoms with van der Waals surface area (Å²) >= 11 is 0. The zero-order valence-corrected chi connectivity index (χ0v) is 21.4. The maximum absolute atomic E-state index is 13.2. The molecule has 0 fully saturated rings. The van der Waals surface area contributed by atoms with Gasteiger partial charge in [-0.15, -0.1) is 5.10 Å². The summed E-state index contributed by atoms with van der Waals surface area (Å²) < 4.78 is 14.6. The minimum absolute atomic E-state index is 0.0501. The molecule has 0 bridgehead atoms. The first-order valence-electron chi connectivity index (χ1n) is 12.5. The molecule has 0 saturated heterocycles. The SMILES string of the molecule is C[C@@H](NC(=O)c1cccc(C(=O)N[C@@H](Cc2ccccc2)[C@@H](O)Cn2cc(CO)nn2)c1)c1ccc(F)cc1. The van der Waals surface area contributed by atoms with Crippen LogP contribution in [0.5, 0.6) is 0 Å². The van der Waals surface area contributed by atoms with Crippen molar-refractivity contribution in [3.8, 4) is 0 Å². The summed E-state index contributed by atoms with van der Waals surface area (Å²) in [5.41, 5.74) is 2.57. The standard InChI is InChI=1S/C29H30FN5O4/c1-19(21-10-12-24(30)13-11-21)31-28(38)22-8-5-9-23(15-22)29(39)32-26(14-20-6-3-2-4-7-20)27(37)17-35-16-25(18-36)33-34-35/h2-13,15-16,19,26-27,36-37H,14,17-18H2,1H3,(H,31,38)(H,32,39)/t19-,26+,27+/m1/s1. The second-order valence-corrected chi connectivity index (χ2v) is 9.25. The fourth-order valence-corrected chi connectivity index (χ4v) is 4.14. The van der Waals surface area contributed by atoms with Gasteiger partial charge in [0.2, 0.25) is 0 Å². The van der Waals surface area contributed by atoms with E-state index in [-0.39, 0.29) is 42.0 Å². The van der Waals surface area contributed by atoms with Crippen molar-refractivity contribution in [2.24, 2.45) is 0 Å². The molecule has 1 aromatic heterocycles. The van der Waals surface area contributed by atoms with Gasteiger partial charge >= 0.3 is 0 Å². The quantitative estimate of drug-likeness (QED) is 0.236. The van der Waals surface area contributed by atoms with Crippen molar-refractivity contribution < 1.29 is 24.2 Å². The molecule has 0 radical (unpaired) electrons. The molecule has 1 heterocycles. The Morgan fingerprint density at radius 2 is 1.62 bits per heavy atom. The monoisotopic (exact) mass is 531 g/mol. The van der Waals surface area contributed by atoms with Crippen molar-refractivity contribution in [2.75, 3.05) is 0 Å². The first kappa shape index (κ1) is 27.6. The minimum Gasteiger partial charge on any atom is -0.390 e. The fourth-order valence-electron chi connectivity index (χ4n) is 4.14. The van der Waals surface area contributed by atoms with Crippen molar-refractivity contribution in [3.63, 3.8) is 0 Å². The normalized spacial score (nSPS) is 13.3. The maximum atomic E-state index is 13.2. The predicted molar refractivity (Wildman–Crippen MR) is 142 cm³/mol. The lowest BCUT2D eigenvalue weighted by molar-refractivity contribution is 0.0778. The Bertz CT molecular complexity index is 1390. The van der Waals surface area contributed by atoms with E-state index in [1.54, 1.807) is 37.3 Å². The molecule has 0 aliphatic heterocycles. The molecule has 4 aromatic rings. The zero-order chi connectivity index (χ0) is 27.8. The predicted octanol–water partition coefficient (Wildman–Crippen LogP) is 2.80. The number of hydrogen-bond donors (Lipinski definition) is 4. The Balaban J connectivity index is 1.47. The number of aliphatic hydroxyl groups is 2. The highest BCUT2D eigenvalue weighted by Gasteiger charge is 2.24. The van der Waals surface area contributed by atoms with Crippen molar-refractivity contribution in [1.82, 2.24) is 25.6 Å². The van der Waals surface area contributed by atoms with Gasteiger partial charge in [-0.25, -0.2) is 9.07 Å². The average Bonchev–Trinajstić information content (AvgIpc) is 3.41. The van der Waals surface area contributed by atoms with Gasteiger partial charge in [0.05, 0.1) is 37.5 Å². The number of aromatic nitrogens is 3. The summed E-state index contributed by atoms with van der Waals surface area (Å²) in [4.78, 5) is 26.1. The number of carbonyl (C=O) groups excluding carboxylic acids is 2. The number of nitrogens with one attached hydrogen (secondary N) is 2. The molecule has 0 aliphatic rings. The summed E-state index contributed by atoms with van der Waals surface area (Å²) in [5, 5.41) is 33.7. The van der Waals surface area contributed by atoms with Gasteiger partial charge in [0.15, 0.2) is 0 Å². The van der Waals surface area contributed by atoms with Crippen molar-refractivity contribution in [3.05, 3.63) is 119 Å². The van der Waals surface area contributed by atoms with Crippen LogP contribution in [0.3, 0.4) is 0 Å². The Labute approximate surface area is 225 Å². The van der Waals surface area contributed by atoms with E-state index in [1.807, 2.05) is 30.3 Å². The zero-order valence-electron chi connectivity index (χ0n) is 21.4. The minimum atomic E-state index is -1.02. The van der Waals surface area contributed by atoms with Crippen LogP contribution in [0.1, 0.15) is 50.5 Å². The number of benzene rings is 3. The Morgan fingerprint density at radius 1 is 0.949 bits per heavy atom. The van der Waals surface area contributed by atoms with Crippen LogP contribution in [0.15, 0.2) is 85.1 Å². The number of amides is 2. The number of nitrogens with zero attached hydrogens (tertiary/aromatic N) is 3. The molecule has 0 unspecified atom stereocenters. The van der Waals surface area contributed by atoms with E-state index in [1.165, 1.54) is 29.1 Å². The van der Waals surface area contributed by atoms with Crippen LogP contribution in [0.2, 0.25) is 0 Å². The van der Waals surface area contributed by atoms with Crippen LogP contribution in [0, 0.1) is 5.82 Å². The molecule has 10 heteroatoms. The maximum Gasteiger partial charge on any atom is 0.251 e. The summed E-state index contributed by atoms with van der Waals surface area (Å²) in [7, 11) is 0. The van der Waals surface area contributed by atoms with Gasteiger partial charge in [-0.3, -0.25) is 9.59 Å². The molecule has 4 N–H and O–H groups in total. The molecule has 39 heavy (non-hydrogen) atoms. The van der Waals surface area contributed by atoms with E-state index in [0.717, 1.165) is 11.1 Å². The second kappa shape index (κ2) is 12.9. The number of rotatable bonds is 11. The van der Waals surface area contributed by atoms with Crippen LogP contribution in [0.4, 0.5) is 4.39 Å². The van der Waals surface area contributed by atoms with Gasteiger partial charge in [-0.05, 0) is 54.8 Å². The summed E-state index contributed by atoms with van der Waals surface area (Å²) in [6.45, 7) is 1.57. The van der Waals surface area contributed by atoms with Gasteiger partial charge in [0.1, 0.15) is 11.5 Å². The Morgan fingerprint density at radius 3 is 2.26 bits per heavy atom. The Hall–Kier alpha value is -4.41. The van der Waals surface area contributed by atoms with Crippen molar-refractivity contribution in [2.45, 2.75) is 44.7 Å². The highest BCUT2D eigenvalue weighted by Crippen LogP contribution is 2.15. The molecule has 3 aromatic carbocycles. The van der Waals surface area contributed by atoms with E-state index in [4.69, 9.17) is 0 Å². The lowest BCUT2D eigenvalue weighted by Crippen LogP contribution is -2.46. The molecule has 0 spiro atoms. The van der Waals surface area contributed by atoms with Crippen LogP contribution in [-0.2, 0) is 19.6 Å². The topological polar surface area (TPSA) is 129 Å². The van der Waals surface area contributed by atoms with Crippen LogP contribution in [-0.4, -0.2) is 49.2 Å². The molecular formula is C29H30FN5O4. The third-order valence-electron chi connectivity index (χ3n) is 6.31. The smallest absolute Gasteiger partial charge is 0.251 e. The van der Waals surface area contributed by atoms with Gasteiger partial charge in [0, 0.05) is 11.1 Å². The molecule has 202 valence electrons. The number of carbonyl (C=O) groups is 2. The van der Waals surface area contributed by atoms with Gasteiger partial charge in [0.25, 0.3) is 11.8 Å². The highest BCUT2D eigenvalue weighted by molar-refractivity contribution is 5.99. The van der Waals surface area contributed by atoms with Gasteiger partial charge in [-0.1, -0.05) is 53.7 Å². The highest BCUT2D eigenvalue weighted by atomic mass is 19.1. The molecule has 0 saturated carbocycles. The molecule has 3 atom stereocenters. The van der Waals surface area contributed by atoms with E-state index < -0.39 is 18.1 Å². The largest absolute Gasteiger partial charge is 0.390 e. The third-order valence-corrected chi connectivity index (χ3v) is 6.31. The van der Waals surface area contributed by atoms with Crippen molar-refractivity contribution in [1.29, 1.82) is 0 Å². The van der Waals surface area contributed by atoms with Crippen LogP contribution >= 0.6 is 0 Å². The molecule has 9 nitrogen and oxygen atoms in total. The first-order chi connectivity index (χ1) is 18.8. The number of halogens is 1. The lowest BCUT2D eigenvalue weighted by Gasteiger charge is -2.24. The number of hydrogen-bond acceptors (Lipinski definition) is 6. The fraction of sp³-hybridized carbons (Fsp3) is 0.241. The molecular weight excluding hydrogens is 501 g/mol. The first-order valence-corrected chi connectivity index (χ1v) is 12.5. The molecule has 4 rings (SSSR count). The average molecular weight is 532 g/mol. The van der Waals surface area contributed by atoms with E-state index in [0.29, 0.717) is 12.1 Å². The summed E-state index contributed by atoms with van der Waals surface area (Å²) in [5.74, 6) is -1.19.